The summed E-state index contributed by atoms with van der Waals surface area (Å²) in [5, 5.41) is 4.13. The Morgan fingerprint density at radius 1 is 1.26 bits per heavy atom. The fraction of sp³-hybridized carbons (Fsp3) is 0.188. The number of hydrogen-bond acceptors (Lipinski definition) is 2. The van der Waals surface area contributed by atoms with Gasteiger partial charge in [0.25, 0.3) is 5.91 Å². The van der Waals surface area contributed by atoms with Gasteiger partial charge in [-0.1, -0.05) is 48.1 Å². The van der Waals surface area contributed by atoms with Gasteiger partial charge in [-0.25, -0.2) is 5.43 Å². The molecule has 1 amide bonds. The molecule has 0 bridgehead atoms. The van der Waals surface area contributed by atoms with Crippen LogP contribution in [0.4, 0.5) is 0 Å². The van der Waals surface area contributed by atoms with E-state index in [4.69, 9.17) is 0 Å². The molecule has 3 nitrogen and oxygen atoms in total. The average Bonchev–Trinajstić information content (AvgIpc) is 2.46. The zero-order valence-corrected chi connectivity index (χ0v) is 11.2. The van der Waals surface area contributed by atoms with Crippen LogP contribution in [0.3, 0.4) is 0 Å². The summed E-state index contributed by atoms with van der Waals surface area (Å²) in [7, 11) is 0. The fourth-order valence-corrected chi connectivity index (χ4v) is 1.76. The van der Waals surface area contributed by atoms with E-state index in [-0.39, 0.29) is 7.33 Å². The number of nitrogens with zero attached hydrogens (tertiary/aromatic N) is 1. The lowest BCUT2D eigenvalue weighted by Gasteiger charge is -2.10. The average molecular weight is 255 g/mol. The lowest BCUT2D eigenvalue weighted by atomic mass is 9.99. The van der Waals surface area contributed by atoms with E-state index in [1.54, 1.807) is 0 Å². The highest BCUT2D eigenvalue weighted by Crippen LogP contribution is 2.16. The summed E-state index contributed by atoms with van der Waals surface area (Å²) in [5.74, 6) is -0.143. The topological polar surface area (TPSA) is 41.5 Å². The van der Waals surface area contributed by atoms with Crippen LogP contribution >= 0.6 is 0 Å². The summed E-state index contributed by atoms with van der Waals surface area (Å²) in [4.78, 5) is 11.9. The number of allylic oxidation sites excluding steroid dienone is 3. The Balaban J connectivity index is 0.00000200. The fourth-order valence-electron chi connectivity index (χ4n) is 1.76. The van der Waals surface area contributed by atoms with E-state index in [1.807, 2.05) is 62.8 Å². The molecule has 0 fully saturated rings. The molecule has 1 aromatic carbocycles. The molecule has 19 heavy (non-hydrogen) atoms. The Morgan fingerprint density at radius 2 is 2.00 bits per heavy atom. The highest BCUT2D eigenvalue weighted by Gasteiger charge is 2.11. The summed E-state index contributed by atoms with van der Waals surface area (Å²) < 4.78 is 0. The maximum absolute atomic E-state index is 11.9. The van der Waals surface area contributed by atoms with Gasteiger partial charge in [0.2, 0.25) is 0 Å². The zero-order chi connectivity index (χ0) is 13.7. The normalized spacial score (nSPS) is 15.6. The largest absolute Gasteiger partial charge is 0.268 e. The van der Waals surface area contributed by atoms with Crippen LogP contribution in [-0.2, 0) is 4.79 Å². The number of hydrogen-bond donors (Lipinski definition) is 1. The molecule has 3 heteroatoms. The Hall–Kier alpha value is -2.16. The van der Waals surface area contributed by atoms with Crippen LogP contribution in [0.25, 0.3) is 0 Å². The Bertz CT molecular complexity index is 559. The van der Waals surface area contributed by atoms with Crippen LogP contribution < -0.4 is 5.43 Å². The zero-order valence-electron chi connectivity index (χ0n) is 11.2. The lowest BCUT2D eigenvalue weighted by molar-refractivity contribution is -0.117. The highest BCUT2D eigenvalue weighted by atomic mass is 16.2. The number of carbonyl (C=O) groups is 1. The van der Waals surface area contributed by atoms with E-state index >= 15 is 0 Å². The number of nitrogens with one attached hydrogen (secondary N) is 1. The highest BCUT2D eigenvalue weighted by molar-refractivity contribution is 6.00. The Labute approximate surface area is 115 Å². The molecule has 0 saturated heterocycles. The van der Waals surface area contributed by atoms with Crippen molar-refractivity contribution in [2.24, 2.45) is 5.10 Å². The molecule has 1 N–H and O–H groups in total. The first-order chi connectivity index (χ1) is 9.16. The summed E-state index contributed by atoms with van der Waals surface area (Å²) in [6.07, 6.45) is 6.47. The van der Waals surface area contributed by atoms with Crippen molar-refractivity contribution >= 4 is 11.6 Å². The van der Waals surface area contributed by atoms with Crippen LogP contribution in [0, 0.1) is 6.42 Å². The number of amides is 1. The number of rotatable bonds is 3. The second-order valence-corrected chi connectivity index (χ2v) is 4.52. The molecular weight excluding hydrogens is 236 g/mol. The molecule has 0 unspecified atom stereocenters. The molecule has 0 spiro atoms. The predicted molar refractivity (Wildman–Crippen MR) is 79.7 cm³/mol. The van der Waals surface area contributed by atoms with Gasteiger partial charge in [-0.2, -0.15) is 5.10 Å². The van der Waals surface area contributed by atoms with Crippen molar-refractivity contribution < 1.29 is 6.22 Å². The molecule has 0 aromatic heterocycles. The van der Waals surface area contributed by atoms with Crippen molar-refractivity contribution in [1.29, 1.82) is 0 Å². The van der Waals surface area contributed by atoms with Gasteiger partial charge >= 0.3 is 0 Å². The molecule has 1 aliphatic carbocycles. The summed E-state index contributed by atoms with van der Waals surface area (Å²) in [6, 6.07) is 9.77. The second kappa shape index (κ2) is 6.14. The third kappa shape index (κ3) is 3.65. The quantitative estimate of drug-likeness (QED) is 0.653. The minimum absolute atomic E-state index is 0. The molecular formula is C16H19N2O. The smallest absolute Gasteiger partial charge is 0.267 e. The van der Waals surface area contributed by atoms with Gasteiger partial charge in [-0.15, -0.1) is 0 Å². The number of hydrazone groups is 1. The summed E-state index contributed by atoms with van der Waals surface area (Å²) in [5.41, 5.74) is 6.30. The first-order valence-electron chi connectivity index (χ1n) is 6.27. The van der Waals surface area contributed by atoms with Crippen LogP contribution in [0.2, 0.25) is 0 Å². The van der Waals surface area contributed by atoms with Gasteiger partial charge in [0.15, 0.2) is 0 Å². The minimum Gasteiger partial charge on any atom is -0.268 e. The molecule has 0 aliphatic heterocycles. The van der Waals surface area contributed by atoms with Gasteiger partial charge < -0.3 is 0 Å². The summed E-state index contributed by atoms with van der Waals surface area (Å²) in [6.45, 7) is 3.89. The van der Waals surface area contributed by atoms with Gasteiger partial charge in [0.05, 0.1) is 5.71 Å². The van der Waals surface area contributed by atoms with Crippen molar-refractivity contribution in [3.8, 4) is 0 Å². The summed E-state index contributed by atoms with van der Waals surface area (Å²) >= 11 is 0. The van der Waals surface area contributed by atoms with Gasteiger partial charge in [0, 0.05) is 7.00 Å². The molecule has 99 valence electrons. The van der Waals surface area contributed by atoms with Crippen molar-refractivity contribution in [2.45, 2.75) is 20.3 Å². The van der Waals surface area contributed by atoms with Crippen molar-refractivity contribution in [2.75, 3.05) is 0 Å². The monoisotopic (exact) mass is 255 g/mol. The van der Waals surface area contributed by atoms with E-state index in [0.717, 1.165) is 16.8 Å². The maximum Gasteiger partial charge on any atom is 0.267 e. The van der Waals surface area contributed by atoms with Crippen molar-refractivity contribution in [3.63, 3.8) is 0 Å². The van der Waals surface area contributed by atoms with E-state index < -0.39 is 0 Å². The maximum atomic E-state index is 11.9. The molecule has 1 radical (unpaired) electrons. The SMILES string of the molecule is CC1=CC=C(C(=O)N/N=C(\C)c2ccccc2)C[CH]1.[HH]. The molecule has 0 atom stereocenters. The van der Waals surface area contributed by atoms with Crippen LogP contribution in [0.5, 0.6) is 0 Å². The van der Waals surface area contributed by atoms with E-state index in [1.165, 1.54) is 5.57 Å². The molecule has 0 saturated carbocycles. The van der Waals surface area contributed by atoms with Gasteiger partial charge in [-0.3, -0.25) is 4.79 Å². The molecule has 2 rings (SSSR count). The standard InChI is InChI=1S/C16H17N2O.H2/c1-12-8-10-15(11-9-12)16(19)18-17-13(2)14-6-4-3-5-7-14;/h3-10H,11H2,1-2H3,(H,18,19);1H/b17-13+;. The minimum atomic E-state index is -0.143. The van der Waals surface area contributed by atoms with E-state index in [9.17, 15) is 4.79 Å². The Morgan fingerprint density at radius 3 is 2.63 bits per heavy atom. The van der Waals surface area contributed by atoms with Crippen LogP contribution in [-0.4, -0.2) is 11.6 Å². The predicted octanol–water partition coefficient (Wildman–Crippen LogP) is 3.25. The van der Waals surface area contributed by atoms with Crippen LogP contribution in [0.1, 0.15) is 27.3 Å². The first kappa shape index (κ1) is 13.3. The van der Waals surface area contributed by atoms with E-state index in [2.05, 4.69) is 10.5 Å². The van der Waals surface area contributed by atoms with Crippen molar-refractivity contribution in [1.82, 2.24) is 5.43 Å². The Kier molecular flexibility index (Phi) is 4.29. The van der Waals surface area contributed by atoms with E-state index in [0.29, 0.717) is 6.42 Å². The third-order valence-corrected chi connectivity index (χ3v) is 3.00. The second-order valence-electron chi connectivity index (χ2n) is 4.52. The molecule has 0 heterocycles. The van der Waals surface area contributed by atoms with Gasteiger partial charge in [0.1, 0.15) is 0 Å². The van der Waals surface area contributed by atoms with Gasteiger partial charge in [-0.05, 0) is 32.3 Å². The first-order valence-corrected chi connectivity index (χ1v) is 6.27. The number of carbonyl (C=O) groups excluding carboxylic acids is 1. The third-order valence-electron chi connectivity index (χ3n) is 3.00. The number of benzene rings is 1. The van der Waals surface area contributed by atoms with Crippen molar-refractivity contribution in [3.05, 3.63) is 65.6 Å². The molecule has 1 aromatic rings. The molecule has 1 aliphatic rings. The van der Waals surface area contributed by atoms with Crippen LogP contribution in [0.15, 0.2) is 58.7 Å². The lowest BCUT2D eigenvalue weighted by Crippen LogP contribution is -2.22.